The van der Waals surface area contributed by atoms with Gasteiger partial charge in [-0.25, -0.2) is 18.0 Å². The summed E-state index contributed by atoms with van der Waals surface area (Å²) in [5.74, 6) is -5.42. The highest BCUT2D eigenvalue weighted by Crippen LogP contribution is 2.30. The Bertz CT molecular complexity index is 780. The SMILES string of the molecule is O=Cc1cc(C(=O)O)c(Nc2ccc(I)cc2F)c(F)c1F. The molecule has 4 nitrogen and oxygen atoms in total. The van der Waals surface area contributed by atoms with E-state index in [1.165, 1.54) is 12.1 Å². The third-order valence-corrected chi connectivity index (χ3v) is 3.45. The fraction of sp³-hybridized carbons (Fsp3) is 0. The molecule has 2 rings (SSSR count). The van der Waals surface area contributed by atoms with Gasteiger partial charge in [0.25, 0.3) is 0 Å². The van der Waals surface area contributed by atoms with Crippen molar-refractivity contribution in [3.05, 3.63) is 56.4 Å². The van der Waals surface area contributed by atoms with Crippen molar-refractivity contribution >= 4 is 46.2 Å². The molecule has 2 N–H and O–H groups in total. The average Bonchev–Trinajstić information content (AvgIpc) is 2.46. The van der Waals surface area contributed by atoms with Crippen LogP contribution in [0.2, 0.25) is 0 Å². The standard InChI is InChI=1S/C14H7F3INO3/c15-9-4-7(18)1-2-10(9)19-13-8(14(21)22)3-6(5-20)11(16)12(13)17/h1-5,19H,(H,21,22). The van der Waals surface area contributed by atoms with Gasteiger partial charge in [-0.05, 0) is 46.9 Å². The van der Waals surface area contributed by atoms with Crippen molar-refractivity contribution in [2.75, 3.05) is 5.32 Å². The van der Waals surface area contributed by atoms with Crippen LogP contribution in [0.4, 0.5) is 24.5 Å². The van der Waals surface area contributed by atoms with Gasteiger partial charge in [0.15, 0.2) is 17.9 Å². The van der Waals surface area contributed by atoms with Gasteiger partial charge in [0, 0.05) is 3.57 Å². The van der Waals surface area contributed by atoms with Gasteiger partial charge in [-0.1, -0.05) is 0 Å². The van der Waals surface area contributed by atoms with Crippen molar-refractivity contribution in [2.24, 2.45) is 0 Å². The number of rotatable bonds is 4. The van der Waals surface area contributed by atoms with Gasteiger partial charge in [0.05, 0.1) is 22.5 Å². The predicted molar refractivity (Wildman–Crippen MR) is 81.1 cm³/mol. The maximum absolute atomic E-state index is 14.0. The smallest absolute Gasteiger partial charge is 0.337 e. The number of halogens is 4. The lowest BCUT2D eigenvalue weighted by atomic mass is 10.1. The van der Waals surface area contributed by atoms with E-state index in [4.69, 9.17) is 5.11 Å². The number of carbonyl (C=O) groups excluding carboxylic acids is 1. The molecular weight excluding hydrogens is 414 g/mol. The van der Waals surface area contributed by atoms with E-state index in [2.05, 4.69) is 5.32 Å². The zero-order valence-electron chi connectivity index (χ0n) is 10.7. The lowest BCUT2D eigenvalue weighted by Gasteiger charge is -2.13. The highest BCUT2D eigenvalue weighted by molar-refractivity contribution is 14.1. The molecule has 22 heavy (non-hydrogen) atoms. The Balaban J connectivity index is 2.61. The summed E-state index contributed by atoms with van der Waals surface area (Å²) >= 11 is 1.86. The normalized spacial score (nSPS) is 10.4. The monoisotopic (exact) mass is 421 g/mol. The number of benzene rings is 2. The summed E-state index contributed by atoms with van der Waals surface area (Å²) in [6.45, 7) is 0. The van der Waals surface area contributed by atoms with Crippen molar-refractivity contribution in [3.63, 3.8) is 0 Å². The van der Waals surface area contributed by atoms with Crippen molar-refractivity contribution in [1.82, 2.24) is 0 Å². The number of hydrogen-bond donors (Lipinski definition) is 2. The molecule has 0 unspecified atom stereocenters. The number of hydrogen-bond acceptors (Lipinski definition) is 3. The van der Waals surface area contributed by atoms with Gasteiger partial charge in [0.1, 0.15) is 5.82 Å². The Labute approximate surface area is 136 Å². The molecule has 0 spiro atoms. The molecule has 2 aromatic carbocycles. The van der Waals surface area contributed by atoms with Crippen LogP contribution in [0.25, 0.3) is 0 Å². The summed E-state index contributed by atoms with van der Waals surface area (Å²) in [7, 11) is 0. The minimum Gasteiger partial charge on any atom is -0.478 e. The van der Waals surface area contributed by atoms with E-state index >= 15 is 0 Å². The van der Waals surface area contributed by atoms with Gasteiger partial charge in [-0.15, -0.1) is 0 Å². The number of carboxylic acid groups (broad SMARTS) is 1. The first kappa shape index (κ1) is 16.3. The third-order valence-electron chi connectivity index (χ3n) is 2.78. The molecule has 0 heterocycles. The van der Waals surface area contributed by atoms with E-state index in [0.29, 0.717) is 9.64 Å². The quantitative estimate of drug-likeness (QED) is 0.580. The van der Waals surface area contributed by atoms with Crippen LogP contribution < -0.4 is 5.32 Å². The zero-order valence-corrected chi connectivity index (χ0v) is 12.8. The Hall–Kier alpha value is -2.10. The second-order valence-electron chi connectivity index (χ2n) is 4.19. The topological polar surface area (TPSA) is 66.4 Å². The highest BCUT2D eigenvalue weighted by atomic mass is 127. The van der Waals surface area contributed by atoms with E-state index in [9.17, 15) is 22.8 Å². The second-order valence-corrected chi connectivity index (χ2v) is 5.43. The maximum atomic E-state index is 14.0. The summed E-state index contributed by atoms with van der Waals surface area (Å²) in [6, 6.07) is 4.58. The molecule has 8 heteroatoms. The van der Waals surface area contributed by atoms with Crippen LogP contribution in [-0.2, 0) is 0 Å². The molecule has 0 atom stereocenters. The largest absolute Gasteiger partial charge is 0.478 e. The maximum Gasteiger partial charge on any atom is 0.337 e. The van der Waals surface area contributed by atoms with Crippen molar-refractivity contribution in [2.45, 2.75) is 0 Å². The third kappa shape index (κ3) is 3.06. The van der Waals surface area contributed by atoms with Crippen molar-refractivity contribution in [3.8, 4) is 0 Å². The average molecular weight is 421 g/mol. The molecule has 0 saturated carbocycles. The van der Waals surface area contributed by atoms with Crippen LogP contribution in [0, 0.1) is 21.0 Å². The lowest BCUT2D eigenvalue weighted by molar-refractivity contribution is 0.0697. The van der Waals surface area contributed by atoms with Crippen LogP contribution in [0.15, 0.2) is 24.3 Å². The van der Waals surface area contributed by atoms with Crippen molar-refractivity contribution < 1.29 is 27.9 Å². The zero-order chi connectivity index (χ0) is 16.4. The lowest BCUT2D eigenvalue weighted by Crippen LogP contribution is -2.10. The summed E-state index contributed by atoms with van der Waals surface area (Å²) in [6.07, 6.45) is 0.0000934. The van der Waals surface area contributed by atoms with Gasteiger partial charge in [-0.2, -0.15) is 0 Å². The summed E-state index contributed by atoms with van der Waals surface area (Å²) in [4.78, 5) is 21.8. The number of aldehydes is 1. The van der Waals surface area contributed by atoms with Crippen molar-refractivity contribution in [1.29, 1.82) is 0 Å². The molecule has 0 saturated heterocycles. The Morgan fingerprint density at radius 2 is 1.86 bits per heavy atom. The van der Waals surface area contributed by atoms with Gasteiger partial charge < -0.3 is 10.4 Å². The first-order valence-corrected chi connectivity index (χ1v) is 6.85. The van der Waals surface area contributed by atoms with E-state index < -0.39 is 40.2 Å². The fourth-order valence-electron chi connectivity index (χ4n) is 1.75. The van der Waals surface area contributed by atoms with E-state index in [1.54, 1.807) is 0 Å². The molecule has 0 amide bonds. The number of carboxylic acids is 1. The van der Waals surface area contributed by atoms with E-state index in [1.807, 2.05) is 22.6 Å². The Kier molecular flexibility index (Phi) is 4.69. The van der Waals surface area contributed by atoms with Gasteiger partial charge in [-0.3, -0.25) is 4.79 Å². The molecule has 0 radical (unpaired) electrons. The first-order chi connectivity index (χ1) is 10.3. The molecule has 0 aliphatic rings. The van der Waals surface area contributed by atoms with Gasteiger partial charge >= 0.3 is 5.97 Å². The van der Waals surface area contributed by atoms with E-state index in [0.717, 1.165) is 6.07 Å². The molecule has 0 aromatic heterocycles. The minimum atomic E-state index is -1.59. The van der Waals surface area contributed by atoms with Crippen LogP contribution in [0.3, 0.4) is 0 Å². The molecule has 2 aromatic rings. The number of carbonyl (C=O) groups is 2. The molecule has 0 bridgehead atoms. The summed E-state index contributed by atoms with van der Waals surface area (Å²) < 4.78 is 42.0. The molecule has 114 valence electrons. The Morgan fingerprint density at radius 3 is 2.41 bits per heavy atom. The summed E-state index contributed by atoms with van der Waals surface area (Å²) in [5, 5.41) is 11.3. The molecule has 0 fully saturated rings. The molecule has 0 aliphatic carbocycles. The molecule has 0 aliphatic heterocycles. The van der Waals surface area contributed by atoms with Crippen LogP contribution in [0.1, 0.15) is 20.7 Å². The summed E-state index contributed by atoms with van der Waals surface area (Å²) in [5.41, 5.74) is -2.39. The van der Waals surface area contributed by atoms with Crippen LogP contribution in [0.5, 0.6) is 0 Å². The minimum absolute atomic E-state index is 0.0000934. The second kappa shape index (κ2) is 6.34. The molecular formula is C14H7F3INO3. The number of anilines is 2. The van der Waals surface area contributed by atoms with Crippen LogP contribution in [-0.4, -0.2) is 17.4 Å². The van der Waals surface area contributed by atoms with Gasteiger partial charge in [0.2, 0.25) is 0 Å². The Morgan fingerprint density at radius 1 is 1.18 bits per heavy atom. The van der Waals surface area contributed by atoms with E-state index in [-0.39, 0.29) is 12.0 Å². The number of nitrogens with one attached hydrogen (secondary N) is 1. The highest BCUT2D eigenvalue weighted by Gasteiger charge is 2.23. The fourth-order valence-corrected chi connectivity index (χ4v) is 2.20. The first-order valence-electron chi connectivity index (χ1n) is 5.77. The number of aromatic carboxylic acids is 1. The predicted octanol–water partition coefficient (Wildman–Crippen LogP) is 3.96. The van der Waals surface area contributed by atoms with Crippen LogP contribution >= 0.6 is 22.6 Å².